The van der Waals surface area contributed by atoms with Crippen LogP contribution in [0.1, 0.15) is 19.8 Å². The van der Waals surface area contributed by atoms with Gasteiger partial charge in [-0.2, -0.15) is 0 Å². The van der Waals surface area contributed by atoms with Crippen LogP contribution in [0, 0.1) is 0 Å². The van der Waals surface area contributed by atoms with Crippen molar-refractivity contribution in [3.63, 3.8) is 0 Å². The summed E-state index contributed by atoms with van der Waals surface area (Å²) in [5.74, 6) is 0. The number of unbranched alkanes of at least 4 members (excludes halogenated alkanes) is 1. The molecule has 0 saturated carbocycles. The first kappa shape index (κ1) is 17.7. The molecule has 1 aromatic carbocycles. The molecule has 0 bridgehead atoms. The highest BCUT2D eigenvalue weighted by molar-refractivity contribution is 7.21. The molecule has 0 atom stereocenters. The first-order valence-electron chi connectivity index (χ1n) is 8.93. The van der Waals surface area contributed by atoms with Crippen LogP contribution in [0.4, 0.5) is 11.4 Å². The molecule has 132 valence electrons. The molecule has 1 N–H and O–H groups in total. The topological polar surface area (TPSA) is 18.3 Å². The SMILES string of the molecule is CCCCNc1c2ccc(=[N+](C)C)cc-2sc2cc(N(C)C)ccc12. The van der Waals surface area contributed by atoms with Crippen LogP contribution in [-0.2, 0) is 0 Å². The maximum atomic E-state index is 3.71. The van der Waals surface area contributed by atoms with E-state index < -0.39 is 0 Å². The van der Waals surface area contributed by atoms with Crippen LogP contribution in [0.5, 0.6) is 0 Å². The number of rotatable bonds is 5. The molecule has 1 aliphatic carbocycles. The van der Waals surface area contributed by atoms with Crippen molar-refractivity contribution in [1.82, 2.24) is 4.58 Å². The van der Waals surface area contributed by atoms with Gasteiger partial charge in [-0.3, -0.25) is 0 Å². The molecule has 1 aliphatic heterocycles. The quantitative estimate of drug-likeness (QED) is 0.418. The van der Waals surface area contributed by atoms with E-state index in [4.69, 9.17) is 0 Å². The van der Waals surface area contributed by atoms with E-state index in [1.54, 1.807) is 0 Å². The highest BCUT2D eigenvalue weighted by atomic mass is 32.1. The maximum absolute atomic E-state index is 3.71. The normalized spacial score (nSPS) is 11.1. The molecular formula is C21H28N3S+. The Labute approximate surface area is 154 Å². The van der Waals surface area contributed by atoms with Gasteiger partial charge in [-0.1, -0.05) is 13.3 Å². The summed E-state index contributed by atoms with van der Waals surface area (Å²) in [4.78, 5) is 3.49. The predicted octanol–water partition coefficient (Wildman–Crippen LogP) is 4.32. The zero-order valence-electron chi connectivity index (χ0n) is 15.9. The maximum Gasteiger partial charge on any atom is 0.200 e. The molecule has 1 heterocycles. The number of nitrogens with zero attached hydrogens (tertiary/aromatic N) is 2. The third-order valence-electron chi connectivity index (χ3n) is 4.55. The minimum atomic E-state index is 1.01. The fourth-order valence-corrected chi connectivity index (χ4v) is 4.16. The van der Waals surface area contributed by atoms with Crippen LogP contribution in [0.15, 0.2) is 36.4 Å². The second kappa shape index (κ2) is 7.44. The van der Waals surface area contributed by atoms with E-state index in [1.807, 2.05) is 11.3 Å². The van der Waals surface area contributed by atoms with Crippen LogP contribution in [0.2, 0.25) is 0 Å². The summed E-state index contributed by atoms with van der Waals surface area (Å²) in [6, 6.07) is 13.5. The summed E-state index contributed by atoms with van der Waals surface area (Å²) >= 11 is 1.87. The zero-order chi connectivity index (χ0) is 18.0. The van der Waals surface area contributed by atoms with Crippen LogP contribution in [-0.4, -0.2) is 34.7 Å². The third-order valence-corrected chi connectivity index (χ3v) is 5.67. The molecule has 4 heteroatoms. The Hall–Kier alpha value is -2.07. The van der Waals surface area contributed by atoms with Crippen LogP contribution in [0.25, 0.3) is 20.5 Å². The predicted molar refractivity (Wildman–Crippen MR) is 113 cm³/mol. The number of benzene rings is 2. The van der Waals surface area contributed by atoms with Gasteiger partial charge in [0.2, 0.25) is 5.36 Å². The van der Waals surface area contributed by atoms with E-state index >= 15 is 0 Å². The van der Waals surface area contributed by atoms with Crippen molar-refractivity contribution in [3.8, 4) is 10.4 Å². The van der Waals surface area contributed by atoms with Crippen molar-refractivity contribution in [2.24, 2.45) is 0 Å². The Morgan fingerprint density at radius 3 is 2.56 bits per heavy atom. The third kappa shape index (κ3) is 3.64. The molecule has 0 amide bonds. The average Bonchev–Trinajstić information content (AvgIpc) is 2.60. The van der Waals surface area contributed by atoms with Crippen molar-refractivity contribution in [3.05, 3.63) is 41.8 Å². The lowest BCUT2D eigenvalue weighted by atomic mass is 10.1. The van der Waals surface area contributed by atoms with Crippen LogP contribution >= 0.6 is 11.3 Å². The lowest BCUT2D eigenvalue weighted by Crippen LogP contribution is -2.21. The summed E-state index contributed by atoms with van der Waals surface area (Å²) in [7, 11) is 8.38. The van der Waals surface area contributed by atoms with Crippen LogP contribution in [0.3, 0.4) is 0 Å². The van der Waals surface area contributed by atoms with E-state index in [9.17, 15) is 0 Å². The molecular weight excluding hydrogens is 326 g/mol. The van der Waals surface area contributed by atoms with Gasteiger partial charge in [0.25, 0.3) is 0 Å². The molecule has 0 fully saturated rings. The van der Waals surface area contributed by atoms with E-state index in [2.05, 4.69) is 86.3 Å². The molecule has 1 aromatic rings. The molecule has 2 aliphatic rings. The second-order valence-electron chi connectivity index (χ2n) is 6.91. The van der Waals surface area contributed by atoms with Crippen molar-refractivity contribution < 1.29 is 0 Å². The summed E-state index contributed by atoms with van der Waals surface area (Å²) in [6.07, 6.45) is 2.39. The smallest absolute Gasteiger partial charge is 0.200 e. The Morgan fingerprint density at radius 1 is 1.08 bits per heavy atom. The fraction of sp³-hybridized carbons (Fsp3) is 0.381. The highest BCUT2D eigenvalue weighted by Gasteiger charge is 2.15. The van der Waals surface area contributed by atoms with E-state index in [0.29, 0.717) is 0 Å². The number of fused-ring (bicyclic) bond motifs is 2. The van der Waals surface area contributed by atoms with Crippen molar-refractivity contribution in [2.45, 2.75) is 19.8 Å². The largest absolute Gasteiger partial charge is 0.384 e. The minimum absolute atomic E-state index is 1.01. The van der Waals surface area contributed by atoms with Gasteiger partial charge in [0, 0.05) is 59.0 Å². The highest BCUT2D eigenvalue weighted by Crippen LogP contribution is 2.41. The minimum Gasteiger partial charge on any atom is -0.384 e. The van der Waals surface area contributed by atoms with Gasteiger partial charge in [-0.15, -0.1) is 11.3 Å². The Kier molecular flexibility index (Phi) is 5.28. The van der Waals surface area contributed by atoms with E-state index in [1.165, 1.54) is 50.1 Å². The summed E-state index contributed by atoms with van der Waals surface area (Å²) in [6.45, 7) is 3.25. The van der Waals surface area contributed by atoms with Crippen molar-refractivity contribution in [1.29, 1.82) is 0 Å². The Balaban J connectivity index is 2.27. The summed E-state index contributed by atoms with van der Waals surface area (Å²) in [5, 5.41) is 6.27. The van der Waals surface area contributed by atoms with Gasteiger partial charge in [0.1, 0.15) is 14.1 Å². The molecule has 3 rings (SSSR count). The van der Waals surface area contributed by atoms with Crippen molar-refractivity contribution >= 4 is 32.8 Å². The van der Waals surface area contributed by atoms with E-state index in [-0.39, 0.29) is 0 Å². The Bertz CT molecular complexity index is 920. The number of hydrogen-bond acceptors (Lipinski definition) is 3. The number of nitrogens with one attached hydrogen (secondary N) is 1. The van der Waals surface area contributed by atoms with Crippen molar-refractivity contribution in [2.75, 3.05) is 45.0 Å². The monoisotopic (exact) mass is 354 g/mol. The molecule has 25 heavy (non-hydrogen) atoms. The molecule has 0 aromatic heterocycles. The summed E-state index contributed by atoms with van der Waals surface area (Å²) in [5.41, 5.74) is 3.83. The fourth-order valence-electron chi connectivity index (χ4n) is 3.00. The molecule has 0 unspecified atom stereocenters. The number of anilines is 2. The van der Waals surface area contributed by atoms with Crippen LogP contribution < -0.4 is 20.1 Å². The van der Waals surface area contributed by atoms with E-state index in [0.717, 1.165) is 6.54 Å². The first-order valence-corrected chi connectivity index (χ1v) is 9.75. The lowest BCUT2D eigenvalue weighted by molar-refractivity contribution is 0.814. The molecule has 0 spiro atoms. The lowest BCUT2D eigenvalue weighted by Gasteiger charge is -2.18. The standard InChI is InChI=1S/C21H27N3S/c1-6-7-12-22-21-17-10-8-15(23(2)3)13-19(17)25-20-14-16(24(4)5)9-11-18(20)21/h8-11,13-14H,6-7,12H2,1-5H3/p+1. The average molecular weight is 355 g/mol. The second-order valence-corrected chi connectivity index (χ2v) is 7.99. The van der Waals surface area contributed by atoms with Gasteiger partial charge in [-0.05, 0) is 30.7 Å². The zero-order valence-corrected chi connectivity index (χ0v) is 16.7. The molecule has 3 nitrogen and oxygen atoms in total. The number of hydrogen-bond donors (Lipinski definition) is 1. The van der Waals surface area contributed by atoms with Gasteiger partial charge in [0.05, 0.1) is 5.69 Å². The van der Waals surface area contributed by atoms with Gasteiger partial charge in [0.15, 0.2) is 0 Å². The molecule has 0 radical (unpaired) electrons. The van der Waals surface area contributed by atoms with Gasteiger partial charge in [-0.25, -0.2) is 4.58 Å². The Morgan fingerprint density at radius 2 is 1.88 bits per heavy atom. The summed E-state index contributed by atoms with van der Waals surface area (Å²) < 4.78 is 3.49. The van der Waals surface area contributed by atoms with Gasteiger partial charge >= 0.3 is 0 Å². The first-order chi connectivity index (χ1) is 12.0. The molecule has 0 saturated heterocycles. The van der Waals surface area contributed by atoms with Gasteiger partial charge < -0.3 is 10.2 Å².